The zero-order chi connectivity index (χ0) is 4.99. The first-order chi connectivity index (χ1) is 2.81. The lowest BCUT2D eigenvalue weighted by Gasteiger charge is -1.92. The van der Waals surface area contributed by atoms with Gasteiger partial charge in [0.05, 0.1) is 0 Å². The van der Waals surface area contributed by atoms with Gasteiger partial charge in [0, 0.05) is 0 Å². The van der Waals surface area contributed by atoms with Crippen LogP contribution < -0.4 is 0 Å². The molecule has 0 nitrogen and oxygen atoms in total. The SMILES string of the molecule is CB(CP)CS. The molecular formula is C3H10BPS. The normalized spacial score (nSPS) is 8.50. The molecule has 0 aliphatic heterocycles. The second-order valence-electron chi connectivity index (χ2n) is 1.52. The molecule has 0 aliphatic carbocycles. The molecule has 0 N–H and O–H groups in total. The first-order valence-corrected chi connectivity index (χ1v) is 3.57. The highest BCUT2D eigenvalue weighted by Gasteiger charge is 1.95. The van der Waals surface area contributed by atoms with Crippen LogP contribution in [0.3, 0.4) is 0 Å². The Hall–Kier alpha value is 0.845. The van der Waals surface area contributed by atoms with Gasteiger partial charge in [-0.2, -0.15) is 12.6 Å². The van der Waals surface area contributed by atoms with Gasteiger partial charge < -0.3 is 0 Å². The van der Waals surface area contributed by atoms with Gasteiger partial charge in [0.1, 0.15) is 0 Å². The first kappa shape index (κ1) is 6.84. The van der Waals surface area contributed by atoms with E-state index >= 15 is 0 Å². The van der Waals surface area contributed by atoms with E-state index < -0.39 is 0 Å². The molecule has 0 saturated heterocycles. The number of rotatable bonds is 2. The highest BCUT2D eigenvalue weighted by Crippen LogP contribution is 1.89. The topological polar surface area (TPSA) is 0 Å². The van der Waals surface area contributed by atoms with Gasteiger partial charge in [0.25, 0.3) is 0 Å². The highest BCUT2D eigenvalue weighted by molar-refractivity contribution is 7.82. The Morgan fingerprint density at radius 1 is 1.83 bits per heavy atom. The van der Waals surface area contributed by atoms with Gasteiger partial charge in [-0.25, -0.2) is 0 Å². The molecule has 0 amide bonds. The lowest BCUT2D eigenvalue weighted by Crippen LogP contribution is -2.10. The third kappa shape index (κ3) is 3.05. The van der Waals surface area contributed by atoms with Crippen molar-refractivity contribution in [2.45, 2.75) is 6.82 Å². The van der Waals surface area contributed by atoms with Crippen LogP contribution in [-0.4, -0.2) is 18.4 Å². The Bertz CT molecular complexity index is 30.0. The summed E-state index contributed by atoms with van der Waals surface area (Å²) >= 11 is 4.08. The first-order valence-electron chi connectivity index (χ1n) is 2.12. The van der Waals surface area contributed by atoms with E-state index in [1.807, 2.05) is 0 Å². The molecule has 0 fully saturated rings. The van der Waals surface area contributed by atoms with E-state index in [1.54, 1.807) is 0 Å². The molecule has 0 bridgehead atoms. The van der Waals surface area contributed by atoms with Gasteiger partial charge in [-0.15, -0.1) is 9.24 Å². The molecule has 3 heteroatoms. The summed E-state index contributed by atoms with van der Waals surface area (Å²) in [5.74, 6) is 0. The minimum Gasteiger partial charge on any atom is -0.187 e. The fourth-order valence-electron chi connectivity index (χ4n) is 0.0745. The van der Waals surface area contributed by atoms with Crippen LogP contribution >= 0.6 is 21.9 Å². The van der Waals surface area contributed by atoms with Crippen molar-refractivity contribution in [2.24, 2.45) is 0 Å². The van der Waals surface area contributed by atoms with Gasteiger partial charge in [0.15, 0.2) is 6.71 Å². The summed E-state index contributed by atoms with van der Waals surface area (Å²) in [6.07, 6.45) is 0. The molecule has 0 aromatic heterocycles. The maximum atomic E-state index is 4.08. The maximum Gasteiger partial charge on any atom is 0.151 e. The van der Waals surface area contributed by atoms with Crippen molar-refractivity contribution in [3.63, 3.8) is 0 Å². The number of thiol groups is 1. The lowest BCUT2D eigenvalue weighted by atomic mass is 9.57. The molecule has 0 saturated carbocycles. The van der Waals surface area contributed by atoms with Gasteiger partial charge in [-0.1, -0.05) is 12.9 Å². The summed E-state index contributed by atoms with van der Waals surface area (Å²) in [5, 5.41) is 0. The molecule has 36 valence electrons. The minimum atomic E-state index is 0.762. The fraction of sp³-hybridized carbons (Fsp3) is 1.00. The smallest absolute Gasteiger partial charge is 0.151 e. The molecule has 1 unspecified atom stereocenters. The van der Waals surface area contributed by atoms with Crippen molar-refractivity contribution in [1.82, 2.24) is 0 Å². The standard InChI is InChI=1S/C3H10BPS/c1-4(2-5)3-6/h6H,2-3,5H2,1H3. The predicted octanol–water partition coefficient (Wildman–Crippen LogP) is 0.994. The van der Waals surface area contributed by atoms with Crippen molar-refractivity contribution >= 4 is 28.6 Å². The van der Waals surface area contributed by atoms with E-state index in [9.17, 15) is 0 Å². The largest absolute Gasteiger partial charge is 0.187 e. The van der Waals surface area contributed by atoms with Crippen molar-refractivity contribution < 1.29 is 0 Å². The Morgan fingerprint density at radius 3 is 2.33 bits per heavy atom. The van der Waals surface area contributed by atoms with Crippen LogP contribution in [0.1, 0.15) is 0 Å². The highest BCUT2D eigenvalue weighted by atomic mass is 32.1. The Kier molecular flexibility index (Phi) is 4.58. The molecule has 6 heavy (non-hydrogen) atoms. The Balaban J connectivity index is 2.75. The van der Waals surface area contributed by atoms with E-state index in [0.717, 1.165) is 12.4 Å². The van der Waals surface area contributed by atoms with Crippen LogP contribution in [0.15, 0.2) is 0 Å². The van der Waals surface area contributed by atoms with Crippen LogP contribution in [0.4, 0.5) is 0 Å². The van der Waals surface area contributed by atoms with Crippen molar-refractivity contribution in [2.75, 3.05) is 11.7 Å². The zero-order valence-electron chi connectivity index (χ0n) is 4.02. The molecule has 1 atom stereocenters. The van der Waals surface area contributed by atoms with Crippen molar-refractivity contribution in [3.8, 4) is 0 Å². The summed E-state index contributed by atoms with van der Waals surface area (Å²) < 4.78 is 0. The zero-order valence-corrected chi connectivity index (χ0v) is 6.07. The van der Waals surface area contributed by atoms with Crippen LogP contribution in [0.5, 0.6) is 0 Å². The third-order valence-electron chi connectivity index (χ3n) is 0.714. The monoisotopic (exact) mass is 120 g/mol. The molecule has 0 heterocycles. The maximum absolute atomic E-state index is 4.08. The minimum absolute atomic E-state index is 0.762. The van der Waals surface area contributed by atoms with E-state index in [4.69, 9.17) is 0 Å². The van der Waals surface area contributed by atoms with Crippen molar-refractivity contribution in [3.05, 3.63) is 0 Å². The van der Waals surface area contributed by atoms with Gasteiger partial charge in [0.2, 0.25) is 0 Å². The van der Waals surface area contributed by atoms with E-state index in [-0.39, 0.29) is 0 Å². The quantitative estimate of drug-likeness (QED) is 0.313. The molecule has 0 radical (unpaired) electrons. The third-order valence-corrected chi connectivity index (χ3v) is 2.14. The molecular weight excluding hydrogens is 110 g/mol. The van der Waals surface area contributed by atoms with Gasteiger partial charge >= 0.3 is 0 Å². The van der Waals surface area contributed by atoms with Crippen molar-refractivity contribution in [1.29, 1.82) is 0 Å². The van der Waals surface area contributed by atoms with Crippen LogP contribution in [0.25, 0.3) is 0 Å². The van der Waals surface area contributed by atoms with E-state index in [1.165, 1.54) is 6.06 Å². The number of hydrogen-bond acceptors (Lipinski definition) is 1. The second-order valence-corrected chi connectivity index (χ2v) is 2.36. The summed E-state index contributed by atoms with van der Waals surface area (Å²) in [7, 11) is 2.69. The van der Waals surface area contributed by atoms with Crippen LogP contribution in [-0.2, 0) is 0 Å². The second kappa shape index (κ2) is 4.02. The molecule has 0 aromatic carbocycles. The van der Waals surface area contributed by atoms with E-state index in [0.29, 0.717) is 0 Å². The lowest BCUT2D eigenvalue weighted by molar-refractivity contribution is 1.84. The van der Waals surface area contributed by atoms with E-state index in [2.05, 4.69) is 28.7 Å². The molecule has 0 rings (SSSR count). The summed E-state index contributed by atoms with van der Waals surface area (Å²) in [4.78, 5) is 0. The van der Waals surface area contributed by atoms with Crippen LogP contribution in [0.2, 0.25) is 6.82 Å². The van der Waals surface area contributed by atoms with Gasteiger partial charge in [-0.05, 0) is 5.65 Å². The summed E-state index contributed by atoms with van der Waals surface area (Å²) in [6.45, 7) is 2.94. The average Bonchev–Trinajstić information content (AvgIpc) is 1.65. The number of hydrogen-bond donors (Lipinski definition) is 1. The molecule has 0 aliphatic rings. The fourth-order valence-corrected chi connectivity index (χ4v) is 0.671. The predicted molar refractivity (Wildman–Crippen MR) is 40.0 cm³/mol. The summed E-state index contributed by atoms with van der Waals surface area (Å²) in [6, 6.07) is 1.17. The molecule has 0 aromatic rings. The summed E-state index contributed by atoms with van der Waals surface area (Å²) in [5.41, 5.74) is 1.00. The van der Waals surface area contributed by atoms with Crippen LogP contribution in [0, 0.1) is 0 Å². The van der Waals surface area contributed by atoms with Gasteiger partial charge in [-0.3, -0.25) is 0 Å². The average molecular weight is 120 g/mol. The Morgan fingerprint density at radius 2 is 2.33 bits per heavy atom. The molecule has 0 spiro atoms. The Labute approximate surface area is 47.8 Å².